The van der Waals surface area contributed by atoms with Gasteiger partial charge in [-0.05, 0) is 18.1 Å². The molecule has 0 spiro atoms. The predicted molar refractivity (Wildman–Crippen MR) is 64.8 cm³/mol. The van der Waals surface area contributed by atoms with E-state index < -0.39 is 0 Å². The summed E-state index contributed by atoms with van der Waals surface area (Å²) in [6.07, 6.45) is 1.74. The zero-order chi connectivity index (χ0) is 11.8. The van der Waals surface area contributed by atoms with Crippen LogP contribution in [0.2, 0.25) is 0 Å². The summed E-state index contributed by atoms with van der Waals surface area (Å²) in [5, 5.41) is 0. The van der Waals surface area contributed by atoms with E-state index in [0.717, 1.165) is 24.7 Å². The molecule has 16 heavy (non-hydrogen) atoms. The van der Waals surface area contributed by atoms with Gasteiger partial charge in [-0.25, -0.2) is 4.98 Å². The molecule has 4 heteroatoms. The summed E-state index contributed by atoms with van der Waals surface area (Å²) in [6.45, 7) is 6.09. The highest BCUT2D eigenvalue weighted by atomic mass is 16.5. The lowest BCUT2D eigenvalue weighted by Gasteiger charge is -2.51. The Kier molecular flexibility index (Phi) is 2.76. The molecule has 1 aromatic heterocycles. The SMILES string of the molecule is COc1ccc(N2CC(N)(C(C)C)C2)nc1. The third-order valence-corrected chi connectivity index (χ3v) is 3.40. The lowest BCUT2D eigenvalue weighted by atomic mass is 9.80. The van der Waals surface area contributed by atoms with Crippen LogP contribution in [0.5, 0.6) is 5.75 Å². The minimum atomic E-state index is -0.0540. The van der Waals surface area contributed by atoms with Crippen LogP contribution in [-0.2, 0) is 0 Å². The maximum absolute atomic E-state index is 6.24. The fraction of sp³-hybridized carbons (Fsp3) is 0.583. The van der Waals surface area contributed by atoms with Crippen LogP contribution < -0.4 is 15.4 Å². The Hall–Kier alpha value is -1.29. The van der Waals surface area contributed by atoms with Gasteiger partial charge in [0, 0.05) is 13.1 Å². The average Bonchev–Trinajstić information content (AvgIpc) is 2.25. The number of nitrogens with two attached hydrogens (primary N) is 1. The number of hydrogen-bond acceptors (Lipinski definition) is 4. The molecule has 1 aromatic rings. The number of nitrogens with zero attached hydrogens (tertiary/aromatic N) is 2. The Balaban J connectivity index is 2.01. The molecule has 0 atom stereocenters. The number of pyridine rings is 1. The van der Waals surface area contributed by atoms with Crippen molar-refractivity contribution in [2.45, 2.75) is 19.4 Å². The smallest absolute Gasteiger partial charge is 0.137 e. The van der Waals surface area contributed by atoms with Crippen LogP contribution in [0.3, 0.4) is 0 Å². The van der Waals surface area contributed by atoms with Gasteiger partial charge in [-0.2, -0.15) is 0 Å². The average molecular weight is 221 g/mol. The number of anilines is 1. The van der Waals surface area contributed by atoms with E-state index in [2.05, 4.69) is 23.7 Å². The maximum Gasteiger partial charge on any atom is 0.137 e. The summed E-state index contributed by atoms with van der Waals surface area (Å²) in [5.41, 5.74) is 6.18. The molecule has 88 valence electrons. The van der Waals surface area contributed by atoms with E-state index in [1.165, 1.54) is 0 Å². The van der Waals surface area contributed by atoms with Crippen molar-refractivity contribution in [3.63, 3.8) is 0 Å². The topological polar surface area (TPSA) is 51.4 Å². The Morgan fingerprint density at radius 2 is 2.12 bits per heavy atom. The van der Waals surface area contributed by atoms with Crippen molar-refractivity contribution in [2.75, 3.05) is 25.1 Å². The van der Waals surface area contributed by atoms with Crippen molar-refractivity contribution in [1.29, 1.82) is 0 Å². The third-order valence-electron chi connectivity index (χ3n) is 3.40. The van der Waals surface area contributed by atoms with E-state index in [4.69, 9.17) is 10.5 Å². The summed E-state index contributed by atoms with van der Waals surface area (Å²) in [7, 11) is 1.64. The second kappa shape index (κ2) is 3.94. The van der Waals surface area contributed by atoms with Crippen LogP contribution in [-0.4, -0.2) is 30.7 Å². The van der Waals surface area contributed by atoms with Gasteiger partial charge in [-0.3, -0.25) is 0 Å². The van der Waals surface area contributed by atoms with Gasteiger partial charge in [0.05, 0.1) is 18.8 Å². The molecule has 0 aromatic carbocycles. The first-order valence-corrected chi connectivity index (χ1v) is 5.59. The molecule has 4 nitrogen and oxygen atoms in total. The molecule has 0 radical (unpaired) electrons. The molecule has 0 bridgehead atoms. The molecule has 1 aliphatic heterocycles. The molecule has 0 unspecified atom stereocenters. The van der Waals surface area contributed by atoms with E-state index in [0.29, 0.717) is 5.92 Å². The van der Waals surface area contributed by atoms with Crippen molar-refractivity contribution in [2.24, 2.45) is 11.7 Å². The number of methoxy groups -OCH3 is 1. The molecular formula is C12H19N3O. The first kappa shape index (κ1) is 11.2. The molecule has 0 aliphatic carbocycles. The standard InChI is InChI=1S/C12H19N3O/c1-9(2)12(13)7-15(8-12)11-5-4-10(16-3)6-14-11/h4-6,9H,7-8,13H2,1-3H3. The number of rotatable bonds is 3. The van der Waals surface area contributed by atoms with Crippen molar-refractivity contribution < 1.29 is 4.74 Å². The first-order valence-electron chi connectivity index (χ1n) is 5.59. The Morgan fingerprint density at radius 1 is 1.44 bits per heavy atom. The van der Waals surface area contributed by atoms with E-state index in [1.807, 2.05) is 12.1 Å². The summed E-state index contributed by atoms with van der Waals surface area (Å²) in [4.78, 5) is 6.54. The van der Waals surface area contributed by atoms with Crippen molar-refractivity contribution in [3.05, 3.63) is 18.3 Å². The Bertz CT molecular complexity index is 355. The molecule has 2 rings (SSSR count). The first-order chi connectivity index (χ1) is 7.55. The fourth-order valence-corrected chi connectivity index (χ4v) is 1.87. The highest BCUT2D eigenvalue weighted by Crippen LogP contribution is 2.30. The number of aromatic nitrogens is 1. The fourth-order valence-electron chi connectivity index (χ4n) is 1.87. The molecule has 2 N–H and O–H groups in total. The van der Waals surface area contributed by atoms with E-state index >= 15 is 0 Å². The molecule has 0 amide bonds. The molecular weight excluding hydrogens is 202 g/mol. The van der Waals surface area contributed by atoms with Crippen LogP contribution in [0, 0.1) is 5.92 Å². The molecule has 1 aliphatic rings. The molecule has 2 heterocycles. The quantitative estimate of drug-likeness (QED) is 0.835. The Labute approximate surface area is 96.4 Å². The lowest BCUT2D eigenvalue weighted by molar-refractivity contribution is 0.243. The van der Waals surface area contributed by atoms with Crippen LogP contribution in [0.1, 0.15) is 13.8 Å². The largest absolute Gasteiger partial charge is 0.495 e. The second-order valence-corrected chi connectivity index (χ2v) is 4.80. The maximum atomic E-state index is 6.24. The summed E-state index contributed by atoms with van der Waals surface area (Å²) in [6, 6.07) is 3.90. The monoisotopic (exact) mass is 221 g/mol. The van der Waals surface area contributed by atoms with Crippen molar-refractivity contribution in [1.82, 2.24) is 4.98 Å². The third kappa shape index (κ3) is 1.85. The van der Waals surface area contributed by atoms with E-state index in [9.17, 15) is 0 Å². The molecule has 1 saturated heterocycles. The second-order valence-electron chi connectivity index (χ2n) is 4.80. The van der Waals surface area contributed by atoms with Gasteiger partial charge in [-0.15, -0.1) is 0 Å². The zero-order valence-corrected chi connectivity index (χ0v) is 10.1. The van der Waals surface area contributed by atoms with E-state index in [1.54, 1.807) is 13.3 Å². The van der Waals surface area contributed by atoms with E-state index in [-0.39, 0.29) is 5.54 Å². The van der Waals surface area contributed by atoms with Gasteiger partial charge in [0.15, 0.2) is 0 Å². The minimum absolute atomic E-state index is 0.0540. The van der Waals surface area contributed by atoms with Crippen LogP contribution in [0.25, 0.3) is 0 Å². The van der Waals surface area contributed by atoms with Gasteiger partial charge >= 0.3 is 0 Å². The summed E-state index contributed by atoms with van der Waals surface area (Å²) >= 11 is 0. The van der Waals surface area contributed by atoms with Crippen molar-refractivity contribution >= 4 is 5.82 Å². The van der Waals surface area contributed by atoms with Crippen LogP contribution in [0.4, 0.5) is 5.82 Å². The van der Waals surface area contributed by atoms with Gasteiger partial charge < -0.3 is 15.4 Å². The normalized spacial score (nSPS) is 18.4. The lowest BCUT2D eigenvalue weighted by Crippen LogP contribution is -2.70. The van der Waals surface area contributed by atoms with Crippen molar-refractivity contribution in [3.8, 4) is 5.75 Å². The predicted octanol–water partition coefficient (Wildman–Crippen LogP) is 1.26. The highest BCUT2D eigenvalue weighted by molar-refractivity contribution is 5.46. The molecule has 1 fully saturated rings. The summed E-state index contributed by atoms with van der Waals surface area (Å²) < 4.78 is 5.07. The zero-order valence-electron chi connectivity index (χ0n) is 10.1. The van der Waals surface area contributed by atoms with Crippen LogP contribution in [0.15, 0.2) is 18.3 Å². The summed E-state index contributed by atoms with van der Waals surface area (Å²) in [5.74, 6) is 2.26. The van der Waals surface area contributed by atoms with Gasteiger partial charge in [-0.1, -0.05) is 13.8 Å². The number of hydrogen-bond donors (Lipinski definition) is 1. The number of ether oxygens (including phenoxy) is 1. The van der Waals surface area contributed by atoms with Crippen LogP contribution >= 0.6 is 0 Å². The van der Waals surface area contributed by atoms with Gasteiger partial charge in [0.2, 0.25) is 0 Å². The Morgan fingerprint density at radius 3 is 2.56 bits per heavy atom. The van der Waals surface area contributed by atoms with Gasteiger partial charge in [0.25, 0.3) is 0 Å². The minimum Gasteiger partial charge on any atom is -0.495 e. The van der Waals surface area contributed by atoms with Gasteiger partial charge in [0.1, 0.15) is 11.6 Å². The highest BCUT2D eigenvalue weighted by Gasteiger charge is 2.42. The molecule has 0 saturated carbocycles.